The molecule has 1 aliphatic heterocycles. The van der Waals surface area contributed by atoms with E-state index in [9.17, 15) is 9.18 Å². The van der Waals surface area contributed by atoms with Crippen LogP contribution in [0.2, 0.25) is 0 Å². The van der Waals surface area contributed by atoms with Crippen LogP contribution in [0.1, 0.15) is 12.8 Å². The highest BCUT2D eigenvalue weighted by atomic mass is 19.1. The number of hydrogen-bond donors (Lipinski definition) is 3. The summed E-state index contributed by atoms with van der Waals surface area (Å²) >= 11 is 0. The van der Waals surface area contributed by atoms with Gasteiger partial charge in [-0.15, -0.1) is 0 Å². The summed E-state index contributed by atoms with van der Waals surface area (Å²) in [6, 6.07) is -1.24. The van der Waals surface area contributed by atoms with E-state index >= 15 is 0 Å². The molecule has 1 aliphatic rings. The zero-order valence-electron chi connectivity index (χ0n) is 11.0. The van der Waals surface area contributed by atoms with Crippen LogP contribution in [0.4, 0.5) is 4.39 Å². The lowest BCUT2D eigenvalue weighted by Gasteiger charge is -2.20. The first-order valence-corrected chi connectivity index (χ1v) is 6.82. The summed E-state index contributed by atoms with van der Waals surface area (Å²) in [5.41, 5.74) is 0. The van der Waals surface area contributed by atoms with Crippen LogP contribution in [-0.2, 0) is 4.79 Å². The second-order valence-corrected chi connectivity index (χ2v) is 4.59. The van der Waals surface area contributed by atoms with Gasteiger partial charge >= 0.3 is 6.04 Å². The van der Waals surface area contributed by atoms with Gasteiger partial charge in [0.05, 0.1) is 6.54 Å². The Morgan fingerprint density at radius 1 is 0.889 bits per heavy atom. The third-order valence-corrected chi connectivity index (χ3v) is 2.97. The van der Waals surface area contributed by atoms with Gasteiger partial charge in [-0.3, -0.25) is 9.69 Å². The van der Waals surface area contributed by atoms with Gasteiger partial charge in [-0.25, -0.2) is 0 Å². The number of hydrogen-bond acceptors (Lipinski definition) is 5. The first kappa shape index (κ1) is 15.5. The molecule has 0 unspecified atom stereocenters. The van der Waals surface area contributed by atoms with Gasteiger partial charge in [0, 0.05) is 26.2 Å². The highest BCUT2D eigenvalue weighted by Gasteiger charge is 2.09. The van der Waals surface area contributed by atoms with Crippen molar-refractivity contribution in [2.75, 3.05) is 58.9 Å². The normalized spacial score (nSPS) is 22.3. The van der Waals surface area contributed by atoms with E-state index in [1.807, 2.05) is 4.90 Å². The van der Waals surface area contributed by atoms with Gasteiger partial charge in [-0.05, 0) is 39.0 Å². The molecule has 1 heterocycles. The average Bonchev–Trinajstić information content (AvgIpc) is 2.33. The maximum atomic E-state index is 12.4. The molecule has 0 spiro atoms. The molecular weight excluding hydrogens is 235 g/mol. The zero-order valence-corrected chi connectivity index (χ0v) is 11.0. The van der Waals surface area contributed by atoms with Crippen molar-refractivity contribution in [3.05, 3.63) is 0 Å². The summed E-state index contributed by atoms with van der Waals surface area (Å²) in [4.78, 5) is 12.4. The maximum Gasteiger partial charge on any atom is 0.315 e. The van der Waals surface area contributed by atoms with Crippen LogP contribution in [0, 0.1) is 0 Å². The molecule has 0 bridgehead atoms. The molecule has 106 valence electrons. The highest BCUT2D eigenvalue weighted by Crippen LogP contribution is 1.92. The standard InChI is InChI=1S/C12H25FN4O/c13-12(18)11-17-9-2-5-15-7-6-14-3-1-4-16-8-10-17/h14-16H,1-11H2. The predicted octanol–water partition coefficient (Wildman–Crippen LogP) is -0.653. The molecule has 0 amide bonds. The monoisotopic (exact) mass is 260 g/mol. The molecule has 0 aromatic heterocycles. The van der Waals surface area contributed by atoms with Gasteiger partial charge in [0.2, 0.25) is 0 Å². The van der Waals surface area contributed by atoms with E-state index in [-0.39, 0.29) is 6.54 Å². The molecule has 0 saturated carbocycles. The topological polar surface area (TPSA) is 56.4 Å². The van der Waals surface area contributed by atoms with Crippen molar-refractivity contribution in [3.8, 4) is 0 Å². The van der Waals surface area contributed by atoms with E-state index in [4.69, 9.17) is 0 Å². The third-order valence-electron chi connectivity index (χ3n) is 2.97. The van der Waals surface area contributed by atoms with Gasteiger partial charge in [-0.1, -0.05) is 0 Å². The fourth-order valence-corrected chi connectivity index (χ4v) is 2.00. The molecule has 18 heavy (non-hydrogen) atoms. The SMILES string of the molecule is O=C(F)CN1CCCNCCNCCCNCC1. The summed E-state index contributed by atoms with van der Waals surface area (Å²) in [7, 11) is 0. The van der Waals surface area contributed by atoms with E-state index < -0.39 is 6.04 Å². The molecule has 0 aliphatic carbocycles. The Balaban J connectivity index is 2.26. The molecular formula is C12H25FN4O. The Morgan fingerprint density at radius 3 is 2.17 bits per heavy atom. The van der Waals surface area contributed by atoms with E-state index in [0.29, 0.717) is 0 Å². The molecule has 0 aromatic rings. The number of carbonyl (C=O) groups is 1. The summed E-state index contributed by atoms with van der Waals surface area (Å²) < 4.78 is 12.4. The lowest BCUT2D eigenvalue weighted by atomic mass is 10.3. The maximum absolute atomic E-state index is 12.4. The summed E-state index contributed by atoms with van der Waals surface area (Å²) in [5.74, 6) is 0. The van der Waals surface area contributed by atoms with E-state index in [0.717, 1.165) is 65.2 Å². The predicted molar refractivity (Wildman–Crippen MR) is 70.4 cm³/mol. The van der Waals surface area contributed by atoms with Gasteiger partial charge in [0.15, 0.2) is 0 Å². The molecule has 1 saturated heterocycles. The molecule has 3 N–H and O–H groups in total. The van der Waals surface area contributed by atoms with Crippen LogP contribution in [0.3, 0.4) is 0 Å². The van der Waals surface area contributed by atoms with Gasteiger partial charge < -0.3 is 16.0 Å². The summed E-state index contributed by atoms with van der Waals surface area (Å²) in [5, 5.41) is 10.0. The Hall–Kier alpha value is -0.560. The number of halogens is 1. The molecule has 5 nitrogen and oxygen atoms in total. The van der Waals surface area contributed by atoms with Crippen LogP contribution in [0.25, 0.3) is 0 Å². The van der Waals surface area contributed by atoms with Crippen molar-refractivity contribution < 1.29 is 9.18 Å². The zero-order chi connectivity index (χ0) is 13.1. The van der Waals surface area contributed by atoms with E-state index in [2.05, 4.69) is 16.0 Å². The second-order valence-electron chi connectivity index (χ2n) is 4.59. The van der Waals surface area contributed by atoms with Crippen molar-refractivity contribution in [1.82, 2.24) is 20.9 Å². The molecule has 1 rings (SSSR count). The Kier molecular flexibility index (Phi) is 8.93. The number of nitrogens with zero attached hydrogens (tertiary/aromatic N) is 1. The van der Waals surface area contributed by atoms with Crippen molar-refractivity contribution in [2.24, 2.45) is 0 Å². The lowest BCUT2D eigenvalue weighted by molar-refractivity contribution is -0.130. The number of carbonyl (C=O) groups excluding carboxylic acids is 1. The van der Waals surface area contributed by atoms with Crippen LogP contribution < -0.4 is 16.0 Å². The molecule has 0 aromatic carbocycles. The van der Waals surface area contributed by atoms with Crippen LogP contribution >= 0.6 is 0 Å². The van der Waals surface area contributed by atoms with Crippen molar-refractivity contribution in [1.29, 1.82) is 0 Å². The fourth-order valence-electron chi connectivity index (χ4n) is 2.00. The van der Waals surface area contributed by atoms with Gasteiger partial charge in [0.1, 0.15) is 0 Å². The second kappa shape index (κ2) is 10.4. The van der Waals surface area contributed by atoms with Gasteiger partial charge in [0.25, 0.3) is 0 Å². The van der Waals surface area contributed by atoms with Crippen LogP contribution in [0.5, 0.6) is 0 Å². The minimum absolute atomic E-state index is 0.0801. The lowest BCUT2D eigenvalue weighted by Crippen LogP contribution is -2.38. The quantitative estimate of drug-likeness (QED) is 0.576. The summed E-state index contributed by atoms with van der Waals surface area (Å²) in [6.07, 6.45) is 2.02. The average molecular weight is 260 g/mol. The first-order chi connectivity index (χ1) is 8.79. The highest BCUT2D eigenvalue weighted by molar-refractivity contribution is 5.70. The molecule has 1 fully saturated rings. The van der Waals surface area contributed by atoms with E-state index in [1.165, 1.54) is 0 Å². The molecule has 0 atom stereocenters. The Bertz CT molecular complexity index is 214. The van der Waals surface area contributed by atoms with Crippen molar-refractivity contribution >= 4 is 6.04 Å². The largest absolute Gasteiger partial charge is 0.315 e. The minimum Gasteiger partial charge on any atom is -0.315 e. The first-order valence-electron chi connectivity index (χ1n) is 6.82. The minimum atomic E-state index is -1.24. The number of nitrogens with one attached hydrogen (secondary N) is 3. The molecule has 0 radical (unpaired) electrons. The molecule has 6 heteroatoms. The van der Waals surface area contributed by atoms with Gasteiger partial charge in [-0.2, -0.15) is 4.39 Å². The van der Waals surface area contributed by atoms with Crippen LogP contribution in [0.15, 0.2) is 0 Å². The number of rotatable bonds is 2. The van der Waals surface area contributed by atoms with Crippen LogP contribution in [-0.4, -0.2) is 69.8 Å². The smallest absolute Gasteiger partial charge is 0.315 e. The summed E-state index contributed by atoms with van der Waals surface area (Å²) in [6.45, 7) is 7.03. The van der Waals surface area contributed by atoms with E-state index in [1.54, 1.807) is 0 Å². The van der Waals surface area contributed by atoms with Crippen molar-refractivity contribution in [2.45, 2.75) is 12.8 Å². The third kappa shape index (κ3) is 8.52. The Morgan fingerprint density at radius 2 is 1.50 bits per heavy atom. The fraction of sp³-hybridized carbons (Fsp3) is 0.917. The van der Waals surface area contributed by atoms with Crippen molar-refractivity contribution in [3.63, 3.8) is 0 Å². The Labute approximate surface area is 108 Å².